The van der Waals surface area contributed by atoms with Crippen molar-refractivity contribution in [1.29, 1.82) is 0 Å². The van der Waals surface area contributed by atoms with E-state index in [2.05, 4.69) is 10.1 Å². The Bertz CT molecular complexity index is 1740. The number of fused-ring (bicyclic) bond motifs is 2. The molecular formula is C32H27F6N3O6. The van der Waals surface area contributed by atoms with Crippen LogP contribution >= 0.6 is 0 Å². The quantitative estimate of drug-likeness (QED) is 0.319. The van der Waals surface area contributed by atoms with Gasteiger partial charge in [0.25, 0.3) is 11.8 Å². The Balaban J connectivity index is 1.17. The van der Waals surface area contributed by atoms with Crippen molar-refractivity contribution in [2.45, 2.75) is 37.3 Å². The van der Waals surface area contributed by atoms with E-state index in [1.165, 1.54) is 29.0 Å². The van der Waals surface area contributed by atoms with Crippen LogP contribution in [0.1, 0.15) is 40.2 Å². The lowest BCUT2D eigenvalue weighted by Crippen LogP contribution is -2.60. The van der Waals surface area contributed by atoms with Gasteiger partial charge in [-0.1, -0.05) is 12.1 Å². The van der Waals surface area contributed by atoms with Gasteiger partial charge in [0.15, 0.2) is 18.1 Å². The summed E-state index contributed by atoms with van der Waals surface area (Å²) in [6, 6.07) is 10.4. The molecule has 0 bridgehead atoms. The molecule has 3 aromatic rings. The zero-order chi connectivity index (χ0) is 33.7. The van der Waals surface area contributed by atoms with Gasteiger partial charge in [0.1, 0.15) is 11.8 Å². The van der Waals surface area contributed by atoms with Crippen LogP contribution in [0.2, 0.25) is 0 Å². The summed E-state index contributed by atoms with van der Waals surface area (Å²) in [4.78, 5) is 42.6. The molecule has 2 heterocycles. The number of alkyl halides is 6. The number of amides is 3. The molecule has 47 heavy (non-hydrogen) atoms. The van der Waals surface area contributed by atoms with Gasteiger partial charge < -0.3 is 29.3 Å². The third kappa shape index (κ3) is 6.93. The first-order valence-corrected chi connectivity index (χ1v) is 14.5. The number of methoxy groups -OCH3 is 1. The number of carbonyl (C=O) groups excluding carboxylic acids is 3. The number of anilines is 1. The molecule has 248 valence electrons. The maximum absolute atomic E-state index is 13.7. The minimum Gasteiger partial charge on any atom is -0.493 e. The van der Waals surface area contributed by atoms with E-state index >= 15 is 0 Å². The molecule has 3 aliphatic rings. The summed E-state index contributed by atoms with van der Waals surface area (Å²) < 4.78 is 93.2. The van der Waals surface area contributed by atoms with Crippen LogP contribution in [-0.4, -0.2) is 73.3 Å². The number of rotatable bonds is 7. The summed E-state index contributed by atoms with van der Waals surface area (Å²) in [5.41, 5.74) is 0.800. The van der Waals surface area contributed by atoms with Gasteiger partial charge in [-0.15, -0.1) is 13.2 Å². The maximum Gasteiger partial charge on any atom is 0.573 e. The lowest BCUT2D eigenvalue weighted by atomic mass is 9.95. The van der Waals surface area contributed by atoms with Gasteiger partial charge in [0, 0.05) is 19.2 Å². The minimum absolute atomic E-state index is 0.0193. The molecule has 0 spiro atoms. The highest BCUT2D eigenvalue weighted by Crippen LogP contribution is 2.44. The predicted molar refractivity (Wildman–Crippen MR) is 154 cm³/mol. The van der Waals surface area contributed by atoms with Crippen LogP contribution in [0.15, 0.2) is 54.6 Å². The third-order valence-corrected chi connectivity index (χ3v) is 8.19. The molecular weight excluding hydrogens is 636 g/mol. The van der Waals surface area contributed by atoms with Crippen LogP contribution in [0, 0.1) is 0 Å². The molecule has 1 unspecified atom stereocenters. The summed E-state index contributed by atoms with van der Waals surface area (Å²) in [7, 11) is 1.20. The van der Waals surface area contributed by atoms with Crippen molar-refractivity contribution in [3.63, 3.8) is 0 Å². The smallest absolute Gasteiger partial charge is 0.493 e. The average Bonchev–Trinajstić information content (AvgIpc) is 3.88. The van der Waals surface area contributed by atoms with Crippen molar-refractivity contribution in [1.82, 2.24) is 9.80 Å². The summed E-state index contributed by atoms with van der Waals surface area (Å²) in [6.45, 7) is -0.689. The van der Waals surface area contributed by atoms with E-state index in [0.29, 0.717) is 16.7 Å². The fourth-order valence-corrected chi connectivity index (χ4v) is 5.69. The van der Waals surface area contributed by atoms with Crippen molar-refractivity contribution in [2.24, 2.45) is 0 Å². The van der Waals surface area contributed by atoms with Crippen molar-refractivity contribution in [3.8, 4) is 28.4 Å². The molecule has 2 aliphatic heterocycles. The molecule has 3 aromatic carbocycles. The normalized spacial score (nSPS) is 18.1. The Morgan fingerprint density at radius 2 is 1.68 bits per heavy atom. The Hall–Kier alpha value is -4.95. The first-order valence-electron chi connectivity index (χ1n) is 14.5. The van der Waals surface area contributed by atoms with E-state index in [1.54, 1.807) is 12.1 Å². The molecule has 1 saturated carbocycles. The summed E-state index contributed by atoms with van der Waals surface area (Å²) in [5, 5.41) is 2.70. The van der Waals surface area contributed by atoms with Crippen LogP contribution < -0.4 is 19.5 Å². The number of ether oxygens (including phenoxy) is 3. The van der Waals surface area contributed by atoms with Crippen molar-refractivity contribution in [3.05, 3.63) is 71.3 Å². The minimum atomic E-state index is -4.91. The van der Waals surface area contributed by atoms with E-state index in [-0.39, 0.29) is 48.3 Å². The Kier molecular flexibility index (Phi) is 8.18. The number of hydrogen-bond acceptors (Lipinski definition) is 6. The number of nitrogens with one attached hydrogen (secondary N) is 1. The average molecular weight is 664 g/mol. The van der Waals surface area contributed by atoms with E-state index in [9.17, 15) is 40.7 Å². The van der Waals surface area contributed by atoms with E-state index < -0.39 is 54.2 Å². The predicted octanol–water partition coefficient (Wildman–Crippen LogP) is 5.84. The number of hydrogen-bond donors (Lipinski definition) is 1. The van der Waals surface area contributed by atoms with Gasteiger partial charge in [-0.3, -0.25) is 14.4 Å². The fourth-order valence-electron chi connectivity index (χ4n) is 5.69. The second kappa shape index (κ2) is 12.0. The first kappa shape index (κ1) is 32.0. The SMILES string of the molecule is COc1cc(OC(F)(F)F)ccc1OCC(=O)N1CCN2C(=O)c3cc(-c4cc(C5CC5)cc(C(F)(F)F)c4)ccc3NC(=O)C2C1. The van der Waals surface area contributed by atoms with Crippen molar-refractivity contribution >= 4 is 23.4 Å². The highest BCUT2D eigenvalue weighted by molar-refractivity contribution is 6.10. The number of halogens is 6. The fraction of sp³-hybridized carbons (Fsp3) is 0.344. The molecule has 0 radical (unpaired) electrons. The van der Waals surface area contributed by atoms with Gasteiger partial charge in [-0.2, -0.15) is 13.2 Å². The highest BCUT2D eigenvalue weighted by Gasteiger charge is 2.41. The standard InChI is InChI=1S/C32H27F6N3O6/c1-45-27-14-22(47-32(36,37)38)5-7-26(27)46-16-28(42)40-8-9-41-25(15-40)29(43)39-24-6-4-18(13-23(24)30(41)44)20-10-19(17-2-3-17)11-21(12-20)31(33,34)35/h4-7,10-14,17,25H,2-3,8-9,15-16H2,1H3,(H,39,43). The third-order valence-electron chi connectivity index (χ3n) is 8.19. The molecule has 2 fully saturated rings. The van der Waals surface area contributed by atoms with Crippen LogP contribution in [0.4, 0.5) is 32.0 Å². The number of benzene rings is 3. The topological polar surface area (TPSA) is 97.4 Å². The Morgan fingerprint density at radius 1 is 0.915 bits per heavy atom. The Labute approximate surface area is 264 Å². The molecule has 6 rings (SSSR count). The van der Waals surface area contributed by atoms with Gasteiger partial charge in [-0.25, -0.2) is 0 Å². The summed E-state index contributed by atoms with van der Waals surface area (Å²) in [6.07, 6.45) is -7.85. The van der Waals surface area contributed by atoms with Crippen molar-refractivity contribution in [2.75, 3.05) is 38.7 Å². The number of carbonyl (C=O) groups is 3. The monoisotopic (exact) mass is 663 g/mol. The van der Waals surface area contributed by atoms with E-state index in [1.807, 2.05) is 0 Å². The molecule has 9 nitrogen and oxygen atoms in total. The molecule has 0 aromatic heterocycles. The largest absolute Gasteiger partial charge is 0.573 e. The Morgan fingerprint density at radius 3 is 2.36 bits per heavy atom. The van der Waals surface area contributed by atoms with Crippen LogP contribution in [-0.2, 0) is 15.8 Å². The van der Waals surface area contributed by atoms with Crippen LogP contribution in [0.25, 0.3) is 11.1 Å². The van der Waals surface area contributed by atoms with Gasteiger partial charge in [0.2, 0.25) is 5.91 Å². The number of piperazine rings is 1. The van der Waals surface area contributed by atoms with E-state index in [0.717, 1.165) is 43.2 Å². The highest BCUT2D eigenvalue weighted by atomic mass is 19.4. The summed E-state index contributed by atoms with van der Waals surface area (Å²) in [5.74, 6) is -2.24. The molecule has 3 amide bonds. The van der Waals surface area contributed by atoms with Gasteiger partial charge >= 0.3 is 12.5 Å². The van der Waals surface area contributed by atoms with Crippen molar-refractivity contribution < 1.29 is 54.9 Å². The number of nitrogens with zero attached hydrogens (tertiary/aromatic N) is 2. The lowest BCUT2D eigenvalue weighted by molar-refractivity contribution is -0.274. The second-order valence-electron chi connectivity index (χ2n) is 11.4. The van der Waals surface area contributed by atoms with Gasteiger partial charge in [0.05, 0.1) is 30.5 Å². The maximum atomic E-state index is 13.7. The first-order chi connectivity index (χ1) is 22.2. The molecule has 15 heteroatoms. The molecule has 1 saturated heterocycles. The zero-order valence-corrected chi connectivity index (χ0v) is 24.7. The van der Waals surface area contributed by atoms with Crippen LogP contribution in [0.5, 0.6) is 17.2 Å². The van der Waals surface area contributed by atoms with E-state index in [4.69, 9.17) is 9.47 Å². The second-order valence-corrected chi connectivity index (χ2v) is 11.4. The molecule has 1 N–H and O–H groups in total. The molecule has 1 aliphatic carbocycles. The van der Waals surface area contributed by atoms with Crippen LogP contribution in [0.3, 0.4) is 0 Å². The molecule has 1 atom stereocenters. The zero-order valence-electron chi connectivity index (χ0n) is 24.7. The lowest BCUT2D eigenvalue weighted by Gasteiger charge is -2.39. The van der Waals surface area contributed by atoms with Gasteiger partial charge in [-0.05, 0) is 71.8 Å². The summed E-state index contributed by atoms with van der Waals surface area (Å²) >= 11 is 0.